The van der Waals surface area contributed by atoms with E-state index in [1.165, 1.54) is 0 Å². The number of carbonyl (C=O) groups is 2. The molecule has 8 bridgehead atoms. The number of halogens is 4. The van der Waals surface area contributed by atoms with Gasteiger partial charge in [-0.2, -0.15) is 0 Å². The molecule has 8 aliphatic carbocycles. The maximum atomic E-state index is 13.5. The Morgan fingerprint density at radius 2 is 0.897 bits per heavy atom. The number of hydrogen-bond donors (Lipinski definition) is 0. The third-order valence-corrected chi connectivity index (χ3v) is 12.3. The van der Waals surface area contributed by atoms with Crippen LogP contribution in [0.3, 0.4) is 0 Å². The molecule has 8 fully saturated rings. The topological polar surface area (TPSA) is 43.4 Å². The first-order chi connectivity index (χ1) is 13.6. The zero-order valence-electron chi connectivity index (χ0n) is 16.3. The van der Waals surface area contributed by atoms with Crippen LogP contribution in [-0.4, -0.2) is 20.6 Å². The molecule has 0 aromatic rings. The van der Waals surface area contributed by atoms with E-state index in [1.807, 2.05) is 0 Å². The molecule has 0 aromatic heterocycles. The van der Waals surface area contributed by atoms with E-state index in [9.17, 15) is 9.59 Å². The molecular weight excluding hydrogens is 454 g/mol. The average Bonchev–Trinajstić information content (AvgIpc) is 2.63. The summed E-state index contributed by atoms with van der Waals surface area (Å²) in [6.45, 7) is 0. The van der Waals surface area contributed by atoms with E-state index in [-0.39, 0.29) is 11.8 Å². The lowest BCUT2D eigenvalue weighted by molar-refractivity contribution is -0.192. The minimum atomic E-state index is -1.17. The fraction of sp³-hybridized carbons (Fsp3) is 0.909. The van der Waals surface area contributed by atoms with E-state index >= 15 is 0 Å². The van der Waals surface area contributed by atoms with Crippen molar-refractivity contribution in [2.75, 3.05) is 0 Å². The molecule has 0 N–H and O–H groups in total. The molecular formula is C22H26Cl4O3. The number of ether oxygens (including phenoxy) is 1. The third kappa shape index (κ3) is 2.40. The Balaban J connectivity index is 1.31. The van der Waals surface area contributed by atoms with Crippen LogP contribution in [0.5, 0.6) is 0 Å². The Morgan fingerprint density at radius 1 is 0.586 bits per heavy atom. The van der Waals surface area contributed by atoms with Crippen molar-refractivity contribution in [3.63, 3.8) is 0 Å². The first kappa shape index (κ1) is 19.9. The van der Waals surface area contributed by atoms with Crippen LogP contribution in [0.15, 0.2) is 0 Å². The molecule has 29 heavy (non-hydrogen) atoms. The molecule has 8 atom stereocenters. The number of carbonyl (C=O) groups excluding carboxylic acids is 2. The van der Waals surface area contributed by atoms with E-state index in [1.54, 1.807) is 0 Å². The van der Waals surface area contributed by atoms with Crippen molar-refractivity contribution in [1.82, 2.24) is 0 Å². The summed E-state index contributed by atoms with van der Waals surface area (Å²) in [6, 6.07) is 0. The monoisotopic (exact) mass is 478 g/mol. The van der Waals surface area contributed by atoms with Crippen molar-refractivity contribution in [1.29, 1.82) is 0 Å². The van der Waals surface area contributed by atoms with Crippen molar-refractivity contribution >= 4 is 58.3 Å². The highest BCUT2D eigenvalue weighted by Gasteiger charge is 2.72. The van der Waals surface area contributed by atoms with Gasteiger partial charge in [0.05, 0.1) is 0 Å². The lowest BCUT2D eigenvalue weighted by atomic mass is 9.48. The Labute approximate surface area is 191 Å². The molecule has 0 aliphatic heterocycles. The Hall–Kier alpha value is 0.300. The highest BCUT2D eigenvalue weighted by atomic mass is 35.5. The van der Waals surface area contributed by atoms with Gasteiger partial charge in [-0.15, -0.1) is 46.4 Å². The van der Waals surface area contributed by atoms with Crippen LogP contribution < -0.4 is 0 Å². The van der Waals surface area contributed by atoms with Gasteiger partial charge in [0.25, 0.3) is 0 Å². The second kappa shape index (κ2) is 6.00. The second-order valence-corrected chi connectivity index (χ2v) is 13.9. The molecule has 0 aromatic carbocycles. The molecule has 3 nitrogen and oxygen atoms in total. The number of esters is 2. The summed E-state index contributed by atoms with van der Waals surface area (Å²) in [5.74, 6) is 0.902. The van der Waals surface area contributed by atoms with Crippen LogP contribution in [0.4, 0.5) is 0 Å². The van der Waals surface area contributed by atoms with Crippen molar-refractivity contribution in [3.05, 3.63) is 0 Å². The van der Waals surface area contributed by atoms with Gasteiger partial charge in [0.15, 0.2) is 0 Å². The predicted octanol–water partition coefficient (Wildman–Crippen LogP) is 6.06. The smallest absolute Gasteiger partial charge is 0.322 e. The molecule has 0 amide bonds. The summed E-state index contributed by atoms with van der Waals surface area (Å²) in [6.07, 6.45) is 8.60. The fourth-order valence-electron chi connectivity index (χ4n) is 8.74. The summed E-state index contributed by atoms with van der Waals surface area (Å²) in [5.41, 5.74) is -1.96. The molecule has 8 rings (SSSR count). The van der Waals surface area contributed by atoms with Gasteiger partial charge in [-0.25, -0.2) is 0 Å². The standard InChI is InChI=1S/C22H26Cl4O3/c23-21(24)15-3-11-1-12(4-15)8-19(21,7-11)17(27)29-18(28)20-9-13-2-14(10-20)6-16(5-13)22(20,25)26/h11-16H,1-10H2/t11-,12+,13-,14+,15?,16?,19?,20?. The molecule has 160 valence electrons. The van der Waals surface area contributed by atoms with Crippen molar-refractivity contribution < 1.29 is 14.3 Å². The summed E-state index contributed by atoms with van der Waals surface area (Å²) in [4.78, 5) is 27.1. The Bertz CT molecular complexity index is 701. The molecule has 0 saturated heterocycles. The largest absolute Gasteiger partial charge is 0.392 e. The summed E-state index contributed by atoms with van der Waals surface area (Å²) >= 11 is 27.3. The highest BCUT2D eigenvalue weighted by Crippen LogP contribution is 2.71. The van der Waals surface area contributed by atoms with E-state index < -0.39 is 31.4 Å². The van der Waals surface area contributed by atoms with Crippen LogP contribution in [0, 0.1) is 46.3 Å². The molecule has 0 radical (unpaired) electrons. The van der Waals surface area contributed by atoms with E-state index in [2.05, 4.69) is 0 Å². The van der Waals surface area contributed by atoms with Gasteiger partial charge >= 0.3 is 11.9 Å². The summed E-state index contributed by atoms with van der Waals surface area (Å²) in [5, 5.41) is 0. The first-order valence-corrected chi connectivity index (χ1v) is 12.6. The van der Waals surface area contributed by atoms with Gasteiger partial charge in [-0.3, -0.25) is 9.59 Å². The lowest BCUT2D eigenvalue weighted by Crippen LogP contribution is -2.65. The van der Waals surface area contributed by atoms with Gasteiger partial charge in [0.2, 0.25) is 0 Å². The SMILES string of the molecule is O=C(OC(=O)C12C[C@@H]3CC(C[C@@H](C3)C1)C2(Cl)Cl)C12C[C@@H]3CC(C[C@@H](C3)C1)C2(Cl)Cl. The maximum Gasteiger partial charge on any atom is 0.322 e. The Morgan fingerprint density at radius 3 is 1.21 bits per heavy atom. The minimum absolute atomic E-state index is 0.0967. The minimum Gasteiger partial charge on any atom is -0.392 e. The van der Waals surface area contributed by atoms with Crippen molar-refractivity contribution in [3.8, 4) is 0 Å². The highest BCUT2D eigenvalue weighted by molar-refractivity contribution is 6.51. The molecule has 7 heteroatoms. The maximum absolute atomic E-state index is 13.5. The number of rotatable bonds is 2. The summed E-state index contributed by atoms with van der Waals surface area (Å²) in [7, 11) is 0. The zero-order valence-corrected chi connectivity index (χ0v) is 19.3. The second-order valence-electron chi connectivity index (χ2n) is 11.2. The quantitative estimate of drug-likeness (QED) is 0.274. The molecule has 0 heterocycles. The normalized spacial score (nSPS) is 52.6. The molecule has 8 saturated carbocycles. The van der Waals surface area contributed by atoms with Gasteiger partial charge < -0.3 is 4.74 Å². The number of hydrogen-bond acceptors (Lipinski definition) is 3. The molecule has 4 unspecified atom stereocenters. The molecule has 8 aliphatic rings. The average molecular weight is 480 g/mol. The van der Waals surface area contributed by atoms with Crippen LogP contribution in [-0.2, 0) is 14.3 Å². The predicted molar refractivity (Wildman–Crippen MR) is 112 cm³/mol. The van der Waals surface area contributed by atoms with Gasteiger partial charge in [0, 0.05) is 0 Å². The Kier molecular flexibility index (Phi) is 4.13. The van der Waals surface area contributed by atoms with Gasteiger partial charge in [0.1, 0.15) is 19.5 Å². The zero-order chi connectivity index (χ0) is 20.4. The van der Waals surface area contributed by atoms with Crippen LogP contribution in [0.25, 0.3) is 0 Å². The first-order valence-electron chi connectivity index (χ1n) is 11.1. The van der Waals surface area contributed by atoms with E-state index in [0.717, 1.165) is 38.5 Å². The van der Waals surface area contributed by atoms with Crippen LogP contribution >= 0.6 is 46.4 Å². The van der Waals surface area contributed by atoms with Crippen molar-refractivity contribution in [2.24, 2.45) is 46.3 Å². The fourth-order valence-corrected chi connectivity index (χ4v) is 10.4. The van der Waals surface area contributed by atoms with Gasteiger partial charge in [-0.1, -0.05) is 0 Å². The number of alkyl halides is 4. The van der Waals surface area contributed by atoms with Crippen LogP contribution in [0.1, 0.15) is 64.2 Å². The third-order valence-electron chi connectivity index (χ3n) is 9.62. The van der Waals surface area contributed by atoms with Crippen LogP contribution in [0.2, 0.25) is 0 Å². The van der Waals surface area contributed by atoms with Gasteiger partial charge in [-0.05, 0) is 99.7 Å². The van der Waals surface area contributed by atoms with E-state index in [0.29, 0.717) is 49.4 Å². The molecule has 0 spiro atoms. The van der Waals surface area contributed by atoms with E-state index in [4.69, 9.17) is 51.1 Å². The van der Waals surface area contributed by atoms with Crippen molar-refractivity contribution in [2.45, 2.75) is 72.9 Å². The lowest BCUT2D eigenvalue weighted by Gasteiger charge is -2.62. The summed E-state index contributed by atoms with van der Waals surface area (Å²) < 4.78 is 3.34.